The van der Waals surface area contributed by atoms with Gasteiger partial charge in [0.2, 0.25) is 0 Å². The van der Waals surface area contributed by atoms with Crippen molar-refractivity contribution in [1.82, 2.24) is 0 Å². The van der Waals surface area contributed by atoms with Crippen LogP contribution in [0.25, 0.3) is 0 Å². The normalized spacial score (nSPS) is 12.8. The maximum absolute atomic E-state index is 10.5. The van der Waals surface area contributed by atoms with Crippen molar-refractivity contribution in [3.63, 3.8) is 0 Å². The van der Waals surface area contributed by atoms with Gasteiger partial charge in [-0.05, 0) is 83.5 Å². The number of carboxylic acids is 1. The van der Waals surface area contributed by atoms with E-state index in [1.807, 2.05) is 0 Å². The van der Waals surface area contributed by atoms with Crippen LogP contribution in [0.2, 0.25) is 77.1 Å². The van der Waals surface area contributed by atoms with E-state index in [2.05, 4.69) is 58.9 Å². The molecule has 4 nitrogen and oxygen atoms in total. The predicted octanol–water partition coefficient (Wildman–Crippen LogP) is 9.34. The van der Waals surface area contributed by atoms with Crippen LogP contribution in [0.15, 0.2) is 0 Å². The quantitative estimate of drug-likeness (QED) is 0.143. The molecule has 8 heteroatoms. The molecule has 0 rings (SSSR count). The Morgan fingerprint density at radius 3 is 1.31 bits per heavy atom. The lowest BCUT2D eigenvalue weighted by atomic mass is 10.1. The molecule has 32 heavy (non-hydrogen) atoms. The zero-order chi connectivity index (χ0) is 23.5. The van der Waals surface area contributed by atoms with Crippen LogP contribution in [0, 0.1) is 0 Å². The fourth-order valence-electron chi connectivity index (χ4n) is 4.22. The molecular weight excluding hydrogens is 465 g/mol. The zero-order valence-corrected chi connectivity index (χ0v) is 25.7. The Hall–Kier alpha value is 0.258. The van der Waals surface area contributed by atoms with Gasteiger partial charge in [-0.2, -0.15) is 0 Å². The summed E-state index contributed by atoms with van der Waals surface area (Å²) >= 11 is 0. The summed E-state index contributed by atoms with van der Waals surface area (Å²) < 4.78 is 13.4. The molecule has 0 saturated carbocycles. The first-order valence-electron chi connectivity index (χ1n) is 12.2. The summed E-state index contributed by atoms with van der Waals surface area (Å²) in [6.45, 7) is 21.3. The standard InChI is InChI=1S/C22H52O4Si4.2CH4/c1-27(2,3)25-29(6,7)20-21-30(8,9)26-28(4,5)19-17-15-13-11-10-12-14-16-18-22(23)24;;/h10-21H2,1-9H3,(H,23,24);2*1H4. The van der Waals surface area contributed by atoms with E-state index in [4.69, 9.17) is 13.3 Å². The minimum absolute atomic E-state index is 0. The number of rotatable bonds is 18. The highest BCUT2D eigenvalue weighted by Gasteiger charge is 2.36. The number of carboxylic acid groups (broad SMARTS) is 1. The summed E-state index contributed by atoms with van der Waals surface area (Å²) in [7, 11) is -6.26. The molecule has 0 unspecified atom stereocenters. The van der Waals surface area contributed by atoms with Gasteiger partial charge in [-0.25, -0.2) is 0 Å². The highest BCUT2D eigenvalue weighted by Crippen LogP contribution is 2.29. The van der Waals surface area contributed by atoms with Crippen molar-refractivity contribution in [1.29, 1.82) is 0 Å². The summed E-state index contributed by atoms with van der Waals surface area (Å²) in [6, 6.07) is 3.73. The molecule has 0 aromatic carbocycles. The Morgan fingerprint density at radius 2 is 0.906 bits per heavy atom. The molecule has 0 saturated heterocycles. The van der Waals surface area contributed by atoms with Gasteiger partial charge in [-0.3, -0.25) is 4.79 Å². The van der Waals surface area contributed by atoms with Crippen molar-refractivity contribution >= 4 is 39.2 Å². The first-order valence-corrected chi connectivity index (χ1v) is 24.9. The maximum atomic E-state index is 10.5. The largest absolute Gasteiger partial charge is 0.481 e. The Balaban J connectivity index is -0.00000420. The number of unbranched alkanes of at least 4 members (excludes halogenated alkanes) is 7. The Kier molecular flexibility index (Phi) is 19.3. The third kappa shape index (κ3) is 23.4. The SMILES string of the molecule is C.C.C[Si](C)(C)O[Si](C)(C)CC[Si](C)(C)O[Si](C)(C)CCCCCCCCCCC(=O)O. The third-order valence-electron chi connectivity index (χ3n) is 5.38. The van der Waals surface area contributed by atoms with Crippen molar-refractivity contribution in [2.75, 3.05) is 0 Å². The van der Waals surface area contributed by atoms with Crippen LogP contribution in [-0.4, -0.2) is 44.3 Å². The van der Waals surface area contributed by atoms with Crippen LogP contribution in [0.5, 0.6) is 0 Å². The fourth-order valence-corrected chi connectivity index (χ4v) is 24.0. The Bertz CT molecular complexity index is 489. The summed E-state index contributed by atoms with van der Waals surface area (Å²) in [5.74, 6) is -0.666. The van der Waals surface area contributed by atoms with Crippen molar-refractivity contribution in [3.8, 4) is 0 Å². The van der Waals surface area contributed by atoms with E-state index in [1.165, 1.54) is 56.7 Å². The molecule has 0 aliphatic rings. The molecule has 1 N–H and O–H groups in total. The molecule has 0 spiro atoms. The minimum Gasteiger partial charge on any atom is -0.481 e. The zero-order valence-electron chi connectivity index (χ0n) is 21.7. The van der Waals surface area contributed by atoms with Gasteiger partial charge >= 0.3 is 5.97 Å². The second-order valence-corrected chi connectivity index (χ2v) is 29.7. The summed E-state index contributed by atoms with van der Waals surface area (Å²) in [5.41, 5.74) is 0. The van der Waals surface area contributed by atoms with Crippen LogP contribution >= 0.6 is 0 Å². The van der Waals surface area contributed by atoms with Crippen molar-refractivity contribution in [2.24, 2.45) is 0 Å². The molecule has 0 heterocycles. The van der Waals surface area contributed by atoms with Crippen LogP contribution in [0.4, 0.5) is 0 Å². The minimum atomic E-state index is -1.64. The highest BCUT2D eigenvalue weighted by atomic mass is 28.4. The van der Waals surface area contributed by atoms with Crippen molar-refractivity contribution in [2.45, 2.75) is 150 Å². The van der Waals surface area contributed by atoms with E-state index < -0.39 is 39.2 Å². The fraction of sp³-hybridized carbons (Fsp3) is 0.958. The lowest BCUT2D eigenvalue weighted by molar-refractivity contribution is -0.137. The smallest absolute Gasteiger partial charge is 0.303 e. The summed E-state index contributed by atoms with van der Waals surface area (Å²) in [4.78, 5) is 10.5. The predicted molar refractivity (Wildman–Crippen MR) is 155 cm³/mol. The average molecular weight is 525 g/mol. The van der Waals surface area contributed by atoms with E-state index in [-0.39, 0.29) is 14.9 Å². The monoisotopic (exact) mass is 524 g/mol. The van der Waals surface area contributed by atoms with Gasteiger partial charge in [0, 0.05) is 6.42 Å². The molecule has 0 radical (unpaired) electrons. The molecule has 0 aliphatic carbocycles. The van der Waals surface area contributed by atoms with Crippen LogP contribution in [-0.2, 0) is 13.0 Å². The van der Waals surface area contributed by atoms with E-state index in [9.17, 15) is 4.79 Å². The molecular formula is C24H60O4Si4. The van der Waals surface area contributed by atoms with Crippen molar-refractivity contribution in [3.05, 3.63) is 0 Å². The average Bonchev–Trinajstić information content (AvgIpc) is 2.51. The number of hydrogen-bond acceptors (Lipinski definition) is 3. The van der Waals surface area contributed by atoms with Gasteiger partial charge in [0.15, 0.2) is 33.3 Å². The van der Waals surface area contributed by atoms with Crippen LogP contribution in [0.1, 0.15) is 72.6 Å². The molecule has 0 aromatic heterocycles. The molecule has 0 aromatic rings. The second kappa shape index (κ2) is 16.8. The first kappa shape index (κ1) is 36.8. The first-order chi connectivity index (χ1) is 13.5. The third-order valence-corrected chi connectivity index (χ3v) is 19.4. The lowest BCUT2D eigenvalue weighted by Gasteiger charge is -2.37. The van der Waals surface area contributed by atoms with E-state index in [0.29, 0.717) is 6.42 Å². The number of hydrogen-bond donors (Lipinski definition) is 1. The lowest BCUT2D eigenvalue weighted by Crippen LogP contribution is -2.47. The summed E-state index contributed by atoms with van der Waals surface area (Å²) in [6.07, 6.45) is 9.82. The van der Waals surface area contributed by atoms with Crippen LogP contribution < -0.4 is 0 Å². The van der Waals surface area contributed by atoms with E-state index >= 15 is 0 Å². The highest BCUT2D eigenvalue weighted by molar-refractivity contribution is 6.87. The molecule has 0 amide bonds. The van der Waals surface area contributed by atoms with E-state index in [0.717, 1.165) is 12.8 Å². The van der Waals surface area contributed by atoms with E-state index in [1.54, 1.807) is 0 Å². The van der Waals surface area contributed by atoms with Gasteiger partial charge in [-0.15, -0.1) is 0 Å². The topological polar surface area (TPSA) is 55.8 Å². The Morgan fingerprint density at radius 1 is 0.562 bits per heavy atom. The van der Waals surface area contributed by atoms with Gasteiger partial charge in [0.1, 0.15) is 0 Å². The van der Waals surface area contributed by atoms with Gasteiger partial charge < -0.3 is 13.3 Å². The molecule has 0 bridgehead atoms. The second-order valence-electron chi connectivity index (χ2n) is 11.8. The number of aliphatic carboxylic acids is 1. The molecule has 0 atom stereocenters. The molecule has 0 aliphatic heterocycles. The molecule has 196 valence electrons. The summed E-state index contributed by atoms with van der Waals surface area (Å²) in [5, 5.41) is 8.65. The molecule has 0 fully saturated rings. The van der Waals surface area contributed by atoms with Crippen LogP contribution in [0.3, 0.4) is 0 Å². The Labute approximate surface area is 206 Å². The maximum Gasteiger partial charge on any atom is 0.303 e. The van der Waals surface area contributed by atoms with Gasteiger partial charge in [-0.1, -0.05) is 59.8 Å². The van der Waals surface area contributed by atoms with Crippen molar-refractivity contribution < 1.29 is 18.1 Å². The van der Waals surface area contributed by atoms with Gasteiger partial charge in [0.05, 0.1) is 0 Å². The number of carbonyl (C=O) groups is 1. The van der Waals surface area contributed by atoms with Gasteiger partial charge in [0.25, 0.3) is 0 Å².